The van der Waals surface area contributed by atoms with Gasteiger partial charge in [-0.25, -0.2) is 9.37 Å². The van der Waals surface area contributed by atoms with Crippen LogP contribution in [0, 0.1) is 12.7 Å². The van der Waals surface area contributed by atoms with Gasteiger partial charge in [-0.05, 0) is 37.3 Å². The van der Waals surface area contributed by atoms with Crippen LogP contribution in [0.1, 0.15) is 5.69 Å². The van der Waals surface area contributed by atoms with Crippen molar-refractivity contribution in [2.45, 2.75) is 12.1 Å². The Hall–Kier alpha value is -3.79. The Morgan fingerprint density at radius 3 is 2.42 bits per heavy atom. The highest BCUT2D eigenvalue weighted by Gasteiger charge is 2.17. The SMILES string of the molecule is COc1cc(NC(=O)CSc2nc3cc(C)[nH]c3c(=O)n2-c2ccc(F)cc2)cc(OC)c1. The van der Waals surface area contributed by atoms with E-state index in [9.17, 15) is 14.0 Å². The number of aromatic amines is 1. The molecule has 1 amide bonds. The van der Waals surface area contributed by atoms with Crippen molar-refractivity contribution in [1.82, 2.24) is 14.5 Å². The highest BCUT2D eigenvalue weighted by molar-refractivity contribution is 7.99. The summed E-state index contributed by atoms with van der Waals surface area (Å²) in [5, 5.41) is 3.11. The third-order valence-electron chi connectivity index (χ3n) is 4.81. The minimum absolute atomic E-state index is 0.0118. The number of hydrogen-bond donors (Lipinski definition) is 2. The fourth-order valence-corrected chi connectivity index (χ4v) is 4.11. The minimum atomic E-state index is -0.418. The van der Waals surface area contributed by atoms with Crippen molar-refractivity contribution < 1.29 is 18.7 Å². The summed E-state index contributed by atoms with van der Waals surface area (Å²) in [5.74, 6) is 0.344. The molecule has 0 bridgehead atoms. The molecule has 170 valence electrons. The molecule has 0 fully saturated rings. The van der Waals surface area contributed by atoms with Gasteiger partial charge in [-0.15, -0.1) is 0 Å². The maximum absolute atomic E-state index is 13.4. The number of methoxy groups -OCH3 is 2. The number of rotatable bonds is 7. The summed E-state index contributed by atoms with van der Waals surface area (Å²) in [7, 11) is 3.05. The Bertz CT molecular complexity index is 1360. The molecule has 0 unspecified atom stereocenters. The number of aryl methyl sites for hydroxylation is 1. The molecular weight excluding hydrogens is 447 g/mol. The van der Waals surface area contributed by atoms with Crippen LogP contribution in [0.4, 0.5) is 10.1 Å². The van der Waals surface area contributed by atoms with E-state index in [1.807, 2.05) is 6.92 Å². The van der Waals surface area contributed by atoms with Crippen molar-refractivity contribution in [3.63, 3.8) is 0 Å². The average Bonchev–Trinajstić information content (AvgIpc) is 3.19. The van der Waals surface area contributed by atoms with Crippen LogP contribution in [0.2, 0.25) is 0 Å². The Labute approximate surface area is 192 Å². The summed E-state index contributed by atoms with van der Waals surface area (Å²) in [6, 6.07) is 12.3. The number of nitrogens with zero attached hydrogens (tertiary/aromatic N) is 2. The molecule has 4 aromatic rings. The summed E-state index contributed by atoms with van der Waals surface area (Å²) < 4.78 is 25.3. The number of aromatic nitrogens is 3. The maximum Gasteiger partial charge on any atom is 0.283 e. The van der Waals surface area contributed by atoms with Gasteiger partial charge >= 0.3 is 0 Å². The molecule has 2 N–H and O–H groups in total. The Kier molecular flexibility index (Phi) is 6.36. The topological polar surface area (TPSA) is 98.2 Å². The zero-order chi connectivity index (χ0) is 23.5. The van der Waals surface area contributed by atoms with E-state index in [0.29, 0.717) is 39.1 Å². The first-order valence-corrected chi connectivity index (χ1v) is 10.9. The standard InChI is InChI=1S/C23H21FN4O4S/c1-13-8-19-21(25-13)22(30)28(16-6-4-14(24)5-7-16)23(27-19)33-12-20(29)26-15-9-17(31-2)11-18(10-15)32-3/h4-11,25H,12H2,1-3H3,(H,26,29). The second-order valence-electron chi connectivity index (χ2n) is 7.16. The third kappa shape index (κ3) is 4.85. The normalized spacial score (nSPS) is 10.9. The van der Waals surface area contributed by atoms with E-state index in [1.165, 1.54) is 43.1 Å². The highest BCUT2D eigenvalue weighted by Crippen LogP contribution is 2.27. The molecule has 2 aromatic carbocycles. The number of carbonyl (C=O) groups is 1. The number of carbonyl (C=O) groups excluding carboxylic acids is 1. The van der Waals surface area contributed by atoms with Crippen molar-refractivity contribution in [2.24, 2.45) is 0 Å². The van der Waals surface area contributed by atoms with Crippen molar-refractivity contribution in [1.29, 1.82) is 0 Å². The van der Waals surface area contributed by atoms with Crippen LogP contribution in [0.5, 0.6) is 11.5 Å². The van der Waals surface area contributed by atoms with Crippen LogP contribution in [-0.4, -0.2) is 40.4 Å². The number of H-pyrrole nitrogens is 1. The number of anilines is 1. The van der Waals surface area contributed by atoms with E-state index in [1.54, 1.807) is 24.3 Å². The fourth-order valence-electron chi connectivity index (χ4n) is 3.30. The van der Waals surface area contributed by atoms with Gasteiger partial charge < -0.3 is 19.8 Å². The Balaban J connectivity index is 1.63. The van der Waals surface area contributed by atoms with E-state index in [2.05, 4.69) is 15.3 Å². The first-order valence-electron chi connectivity index (χ1n) is 9.92. The van der Waals surface area contributed by atoms with Gasteiger partial charge in [-0.1, -0.05) is 11.8 Å². The summed E-state index contributed by atoms with van der Waals surface area (Å²) in [6.45, 7) is 1.83. The highest BCUT2D eigenvalue weighted by atomic mass is 32.2. The second-order valence-corrected chi connectivity index (χ2v) is 8.10. The molecule has 0 radical (unpaired) electrons. The second kappa shape index (κ2) is 9.37. The number of nitrogens with one attached hydrogen (secondary N) is 2. The molecule has 0 aliphatic rings. The van der Waals surface area contributed by atoms with Gasteiger partial charge in [0, 0.05) is 29.6 Å². The van der Waals surface area contributed by atoms with Crippen LogP contribution in [-0.2, 0) is 4.79 Å². The zero-order valence-corrected chi connectivity index (χ0v) is 19.0. The smallest absolute Gasteiger partial charge is 0.283 e. The lowest BCUT2D eigenvalue weighted by molar-refractivity contribution is -0.113. The van der Waals surface area contributed by atoms with Gasteiger partial charge in [-0.3, -0.25) is 14.2 Å². The molecule has 0 aliphatic carbocycles. The van der Waals surface area contributed by atoms with E-state index >= 15 is 0 Å². The van der Waals surface area contributed by atoms with Crippen LogP contribution < -0.4 is 20.3 Å². The van der Waals surface area contributed by atoms with Crippen molar-refractivity contribution in [3.8, 4) is 17.2 Å². The van der Waals surface area contributed by atoms with Gasteiger partial charge in [0.1, 0.15) is 22.8 Å². The van der Waals surface area contributed by atoms with E-state index in [-0.39, 0.29) is 17.2 Å². The molecule has 0 aliphatic heterocycles. The minimum Gasteiger partial charge on any atom is -0.497 e. The van der Waals surface area contributed by atoms with E-state index in [0.717, 1.165) is 17.5 Å². The first-order chi connectivity index (χ1) is 15.9. The molecule has 0 saturated heterocycles. The first kappa shape index (κ1) is 22.4. The van der Waals surface area contributed by atoms with Crippen LogP contribution in [0.25, 0.3) is 16.7 Å². The lowest BCUT2D eigenvalue weighted by Gasteiger charge is -2.13. The molecule has 0 spiro atoms. The predicted octanol–water partition coefficient (Wildman–Crippen LogP) is 3.91. The van der Waals surface area contributed by atoms with Gasteiger partial charge in [0.2, 0.25) is 5.91 Å². The average molecular weight is 469 g/mol. The van der Waals surface area contributed by atoms with Crippen molar-refractivity contribution >= 4 is 34.4 Å². The van der Waals surface area contributed by atoms with Crippen molar-refractivity contribution in [2.75, 3.05) is 25.3 Å². The number of amides is 1. The molecule has 4 rings (SSSR count). The molecule has 10 heteroatoms. The molecule has 2 heterocycles. The lowest BCUT2D eigenvalue weighted by Crippen LogP contribution is -2.23. The summed E-state index contributed by atoms with van der Waals surface area (Å²) in [6.07, 6.45) is 0. The predicted molar refractivity (Wildman–Crippen MR) is 125 cm³/mol. The Morgan fingerprint density at radius 1 is 1.12 bits per heavy atom. The number of ether oxygens (including phenoxy) is 2. The number of thioether (sulfide) groups is 1. The fraction of sp³-hybridized carbons (Fsp3) is 0.174. The maximum atomic E-state index is 13.4. The quantitative estimate of drug-likeness (QED) is 0.315. The van der Waals surface area contributed by atoms with E-state index in [4.69, 9.17) is 9.47 Å². The number of benzene rings is 2. The molecule has 0 saturated carbocycles. The van der Waals surface area contributed by atoms with E-state index < -0.39 is 5.82 Å². The number of fused-ring (bicyclic) bond motifs is 1. The van der Waals surface area contributed by atoms with Crippen LogP contribution >= 0.6 is 11.8 Å². The van der Waals surface area contributed by atoms with Crippen LogP contribution in [0.15, 0.2) is 58.5 Å². The molecular formula is C23H21FN4O4S. The monoisotopic (exact) mass is 468 g/mol. The van der Waals surface area contributed by atoms with Gasteiger partial charge in [0.05, 0.1) is 31.2 Å². The molecule has 0 atom stereocenters. The summed E-state index contributed by atoms with van der Waals surface area (Å²) in [4.78, 5) is 33.4. The molecule has 33 heavy (non-hydrogen) atoms. The number of hydrogen-bond acceptors (Lipinski definition) is 6. The summed E-state index contributed by atoms with van der Waals surface area (Å²) in [5.41, 5.74) is 2.25. The molecule has 8 nitrogen and oxygen atoms in total. The zero-order valence-electron chi connectivity index (χ0n) is 18.1. The van der Waals surface area contributed by atoms with Gasteiger partial charge in [-0.2, -0.15) is 0 Å². The Morgan fingerprint density at radius 2 is 1.79 bits per heavy atom. The van der Waals surface area contributed by atoms with Crippen LogP contribution in [0.3, 0.4) is 0 Å². The number of halogens is 1. The largest absolute Gasteiger partial charge is 0.497 e. The summed E-state index contributed by atoms with van der Waals surface area (Å²) >= 11 is 1.10. The third-order valence-corrected chi connectivity index (χ3v) is 5.75. The molecule has 2 aromatic heterocycles. The lowest BCUT2D eigenvalue weighted by atomic mass is 10.2. The van der Waals surface area contributed by atoms with Gasteiger partial charge in [0.15, 0.2) is 5.16 Å². The van der Waals surface area contributed by atoms with Gasteiger partial charge in [0.25, 0.3) is 5.56 Å². The van der Waals surface area contributed by atoms with Crippen molar-refractivity contribution in [3.05, 3.63) is 70.4 Å².